The molecule has 0 aromatic rings. The second-order valence-electron chi connectivity index (χ2n) is 2.90. The molecule has 1 amide bonds. The molecule has 0 saturated heterocycles. The molecule has 0 aromatic carbocycles. The number of hydrogen-bond donors (Lipinski definition) is 2. The van der Waals surface area contributed by atoms with Gasteiger partial charge < -0.3 is 15.4 Å². The molecule has 0 bridgehead atoms. The van der Waals surface area contributed by atoms with E-state index in [1.807, 2.05) is 6.92 Å². The number of rotatable bonds is 7. The van der Waals surface area contributed by atoms with E-state index in [0.717, 1.165) is 0 Å². The first-order valence-electron chi connectivity index (χ1n) is 4.81. The molecule has 5 nitrogen and oxygen atoms in total. The van der Waals surface area contributed by atoms with E-state index in [4.69, 9.17) is 0 Å². The monoisotopic (exact) mass is 280 g/mol. The lowest BCUT2D eigenvalue weighted by Crippen LogP contribution is -2.33. The van der Waals surface area contributed by atoms with Gasteiger partial charge >= 0.3 is 5.97 Å². The number of carbonyl (C=O) groups excluding carboxylic acids is 2. The van der Waals surface area contributed by atoms with Crippen LogP contribution in [-0.2, 0) is 14.3 Å². The van der Waals surface area contributed by atoms with Crippen LogP contribution in [-0.4, -0.2) is 43.4 Å². The zero-order chi connectivity index (χ0) is 11.7. The van der Waals surface area contributed by atoms with E-state index in [1.54, 1.807) is 0 Å². The molecule has 0 aliphatic rings. The molecule has 0 aromatic heterocycles. The van der Waals surface area contributed by atoms with Crippen molar-refractivity contribution in [2.24, 2.45) is 0 Å². The van der Waals surface area contributed by atoms with Crippen molar-refractivity contribution in [3.8, 4) is 0 Å². The van der Waals surface area contributed by atoms with Crippen molar-refractivity contribution in [2.75, 3.05) is 26.7 Å². The second-order valence-corrected chi connectivity index (χ2v) is 4.00. The van der Waals surface area contributed by atoms with Crippen LogP contribution in [0.3, 0.4) is 0 Å². The van der Waals surface area contributed by atoms with Gasteiger partial charge in [-0.25, -0.2) is 0 Å². The maximum Gasteiger partial charge on any atom is 0.320 e. The van der Waals surface area contributed by atoms with Crippen LogP contribution in [0.2, 0.25) is 0 Å². The molecule has 2 N–H and O–H groups in total. The van der Waals surface area contributed by atoms with Crippen molar-refractivity contribution in [3.63, 3.8) is 0 Å². The Morgan fingerprint density at radius 1 is 1.47 bits per heavy atom. The summed E-state index contributed by atoms with van der Waals surface area (Å²) in [5, 5.41) is 5.67. The zero-order valence-electron chi connectivity index (χ0n) is 9.01. The number of methoxy groups -OCH3 is 1. The third-order valence-electron chi connectivity index (χ3n) is 1.68. The second kappa shape index (κ2) is 8.67. The maximum absolute atomic E-state index is 11.0. The van der Waals surface area contributed by atoms with Gasteiger partial charge in [-0.1, -0.05) is 15.9 Å². The van der Waals surface area contributed by atoms with Crippen molar-refractivity contribution in [2.45, 2.75) is 18.2 Å². The molecule has 0 spiro atoms. The highest BCUT2D eigenvalue weighted by molar-refractivity contribution is 9.10. The predicted molar refractivity (Wildman–Crippen MR) is 60.9 cm³/mol. The van der Waals surface area contributed by atoms with Gasteiger partial charge in [0.15, 0.2) is 0 Å². The Hall–Kier alpha value is -0.620. The first kappa shape index (κ1) is 14.4. The average Bonchev–Trinajstić information content (AvgIpc) is 2.23. The van der Waals surface area contributed by atoms with Crippen LogP contribution in [0.5, 0.6) is 0 Å². The van der Waals surface area contributed by atoms with Crippen LogP contribution in [0, 0.1) is 0 Å². The summed E-state index contributed by atoms with van der Waals surface area (Å²) in [5.41, 5.74) is 0. The Bertz CT molecular complexity index is 212. The van der Waals surface area contributed by atoms with E-state index in [1.165, 1.54) is 7.11 Å². The normalized spacial score (nSPS) is 11.9. The Kier molecular flexibility index (Phi) is 8.31. The van der Waals surface area contributed by atoms with Crippen LogP contribution in [0.4, 0.5) is 0 Å². The van der Waals surface area contributed by atoms with E-state index in [0.29, 0.717) is 26.1 Å². The number of ether oxygens (including phenoxy) is 1. The highest BCUT2D eigenvalue weighted by atomic mass is 79.9. The molecule has 15 heavy (non-hydrogen) atoms. The summed E-state index contributed by atoms with van der Waals surface area (Å²) in [4.78, 5) is 21.6. The van der Waals surface area contributed by atoms with Crippen molar-refractivity contribution in [1.82, 2.24) is 10.6 Å². The van der Waals surface area contributed by atoms with Crippen LogP contribution >= 0.6 is 15.9 Å². The lowest BCUT2D eigenvalue weighted by molar-refractivity contribution is -0.139. The molecule has 0 heterocycles. The van der Waals surface area contributed by atoms with Gasteiger partial charge in [-0.05, 0) is 6.92 Å². The van der Waals surface area contributed by atoms with Gasteiger partial charge in [0, 0.05) is 26.1 Å². The van der Waals surface area contributed by atoms with E-state index in [2.05, 4.69) is 31.3 Å². The minimum atomic E-state index is -0.364. The highest BCUT2D eigenvalue weighted by Crippen LogP contribution is 1.99. The lowest BCUT2D eigenvalue weighted by atomic mass is 10.3. The molecule has 88 valence electrons. The smallest absolute Gasteiger partial charge is 0.320 e. The standard InChI is InChI=1S/C9H17BrN2O3/c1-3-12-8(13)4-5-11-6-7(10)9(14)15-2/h7,11H,3-6H2,1-2H3,(H,12,13). The van der Waals surface area contributed by atoms with Crippen molar-refractivity contribution < 1.29 is 14.3 Å². The Morgan fingerprint density at radius 3 is 2.67 bits per heavy atom. The van der Waals surface area contributed by atoms with Crippen LogP contribution in [0.15, 0.2) is 0 Å². The van der Waals surface area contributed by atoms with Gasteiger partial charge in [0.05, 0.1) is 7.11 Å². The first-order valence-corrected chi connectivity index (χ1v) is 5.72. The fourth-order valence-electron chi connectivity index (χ4n) is 0.927. The minimum absolute atomic E-state index is 0.00851. The quantitative estimate of drug-likeness (QED) is 0.393. The fraction of sp³-hybridized carbons (Fsp3) is 0.778. The van der Waals surface area contributed by atoms with Crippen molar-refractivity contribution in [3.05, 3.63) is 0 Å². The van der Waals surface area contributed by atoms with Crippen molar-refractivity contribution >= 4 is 27.8 Å². The predicted octanol–water partition coefficient (Wildman–Crippen LogP) is 0.0387. The number of halogens is 1. The summed E-state index contributed by atoms with van der Waals surface area (Å²) in [6.07, 6.45) is 0.411. The molecule has 0 fully saturated rings. The Labute approximate surface area is 98.1 Å². The summed E-state index contributed by atoms with van der Waals surface area (Å²) in [5.74, 6) is -0.310. The lowest BCUT2D eigenvalue weighted by Gasteiger charge is -2.08. The number of amides is 1. The number of esters is 1. The summed E-state index contributed by atoms with van der Waals surface area (Å²) < 4.78 is 4.52. The van der Waals surface area contributed by atoms with Crippen LogP contribution in [0.1, 0.15) is 13.3 Å². The summed E-state index contributed by atoms with van der Waals surface area (Å²) in [6, 6.07) is 0. The zero-order valence-corrected chi connectivity index (χ0v) is 10.6. The van der Waals surface area contributed by atoms with Gasteiger partial charge in [0.2, 0.25) is 5.91 Å². The molecule has 0 radical (unpaired) electrons. The number of alkyl halides is 1. The van der Waals surface area contributed by atoms with Gasteiger partial charge in [-0.2, -0.15) is 0 Å². The molecule has 1 unspecified atom stereocenters. The number of hydrogen-bond acceptors (Lipinski definition) is 4. The third-order valence-corrected chi connectivity index (χ3v) is 2.38. The average molecular weight is 281 g/mol. The van der Waals surface area contributed by atoms with E-state index < -0.39 is 0 Å². The fourth-order valence-corrected chi connectivity index (χ4v) is 1.34. The largest absolute Gasteiger partial charge is 0.468 e. The van der Waals surface area contributed by atoms with E-state index in [-0.39, 0.29) is 16.7 Å². The van der Waals surface area contributed by atoms with Crippen molar-refractivity contribution in [1.29, 1.82) is 0 Å². The van der Waals surface area contributed by atoms with Gasteiger partial charge in [-0.3, -0.25) is 9.59 Å². The van der Waals surface area contributed by atoms with Gasteiger partial charge in [-0.15, -0.1) is 0 Å². The van der Waals surface area contributed by atoms with Gasteiger partial charge in [0.1, 0.15) is 4.83 Å². The highest BCUT2D eigenvalue weighted by Gasteiger charge is 2.13. The molecule has 6 heteroatoms. The summed E-state index contributed by atoms with van der Waals surface area (Å²) in [7, 11) is 1.34. The van der Waals surface area contributed by atoms with E-state index in [9.17, 15) is 9.59 Å². The molecule has 0 aliphatic heterocycles. The molecule has 1 atom stereocenters. The third kappa shape index (κ3) is 7.33. The van der Waals surface area contributed by atoms with Crippen LogP contribution in [0.25, 0.3) is 0 Å². The van der Waals surface area contributed by atoms with Crippen LogP contribution < -0.4 is 10.6 Å². The Balaban J connectivity index is 3.46. The molecule has 0 saturated carbocycles. The molecular weight excluding hydrogens is 264 g/mol. The summed E-state index contributed by atoms with van der Waals surface area (Å²) >= 11 is 3.16. The Morgan fingerprint density at radius 2 is 2.13 bits per heavy atom. The van der Waals surface area contributed by atoms with E-state index >= 15 is 0 Å². The molecule has 0 aliphatic carbocycles. The maximum atomic E-state index is 11.0. The molecule has 0 rings (SSSR count). The van der Waals surface area contributed by atoms with Gasteiger partial charge in [0.25, 0.3) is 0 Å². The summed E-state index contributed by atoms with van der Waals surface area (Å²) in [6.45, 7) is 3.51. The number of nitrogens with one attached hydrogen (secondary N) is 2. The SMILES string of the molecule is CCNC(=O)CCNCC(Br)C(=O)OC. The topological polar surface area (TPSA) is 67.4 Å². The minimum Gasteiger partial charge on any atom is -0.468 e. The molecular formula is C9H17BrN2O3. The number of carbonyl (C=O) groups is 2. The first-order chi connectivity index (χ1) is 7.11.